The van der Waals surface area contributed by atoms with Gasteiger partial charge in [0.25, 0.3) is 0 Å². The Kier molecular flexibility index (Phi) is 5.63. The molecule has 0 aliphatic rings. The first-order valence-corrected chi connectivity index (χ1v) is 6.17. The van der Waals surface area contributed by atoms with Gasteiger partial charge in [0.2, 0.25) is 5.91 Å². The van der Waals surface area contributed by atoms with Crippen LogP contribution in [0, 0.1) is 13.8 Å². The first kappa shape index (κ1) is 15.3. The van der Waals surface area contributed by atoms with Crippen LogP contribution in [0.4, 0.5) is 0 Å². The molecule has 0 fully saturated rings. The number of carbonyl (C=O) groups excluding carboxylic acids is 1. The van der Waals surface area contributed by atoms with Crippen molar-refractivity contribution in [2.45, 2.75) is 20.4 Å². The topological polar surface area (TPSA) is 59.6 Å². The molecule has 0 heterocycles. The van der Waals surface area contributed by atoms with Gasteiger partial charge >= 0.3 is 0 Å². The molecule has 0 aromatic heterocycles. The molecule has 1 rings (SSSR count). The Morgan fingerprint density at radius 3 is 2.42 bits per heavy atom. The van der Waals surface area contributed by atoms with Crippen LogP contribution in [0.25, 0.3) is 0 Å². The molecule has 19 heavy (non-hydrogen) atoms. The number of likely N-dealkylation sites (N-methyl/N-ethyl adjacent to an activating group) is 1. The zero-order valence-electron chi connectivity index (χ0n) is 12.2. The summed E-state index contributed by atoms with van der Waals surface area (Å²) < 4.78 is 10.8. The predicted molar refractivity (Wildman–Crippen MR) is 74.8 cm³/mol. The van der Waals surface area contributed by atoms with Gasteiger partial charge in [-0.25, -0.2) is 0 Å². The Balaban J connectivity index is 2.99. The van der Waals surface area contributed by atoms with Crippen LogP contribution >= 0.6 is 0 Å². The number of benzene rings is 1. The standard InChI is InChI=1S/C14H22N2O3/c1-9-10(2)14(19-5)11(6-12(9)18-4)7-16-13(17)8-15-3/h6,15H,7-8H2,1-5H3,(H,16,17). The van der Waals surface area contributed by atoms with E-state index in [0.29, 0.717) is 13.1 Å². The summed E-state index contributed by atoms with van der Waals surface area (Å²) in [6.45, 7) is 4.68. The normalized spacial score (nSPS) is 10.2. The fourth-order valence-corrected chi connectivity index (χ4v) is 1.97. The first-order valence-electron chi connectivity index (χ1n) is 6.17. The molecule has 0 bridgehead atoms. The highest BCUT2D eigenvalue weighted by Crippen LogP contribution is 2.33. The summed E-state index contributed by atoms with van der Waals surface area (Å²) in [6.07, 6.45) is 0. The molecule has 0 spiro atoms. The predicted octanol–water partition coefficient (Wildman–Crippen LogP) is 1.16. The highest BCUT2D eigenvalue weighted by molar-refractivity contribution is 5.78. The summed E-state index contributed by atoms with van der Waals surface area (Å²) in [7, 11) is 5.00. The third kappa shape index (κ3) is 3.61. The molecule has 106 valence electrons. The van der Waals surface area contributed by atoms with E-state index in [2.05, 4.69) is 10.6 Å². The van der Waals surface area contributed by atoms with Gasteiger partial charge in [0.1, 0.15) is 11.5 Å². The molecule has 1 amide bonds. The van der Waals surface area contributed by atoms with Gasteiger partial charge in [0, 0.05) is 12.1 Å². The number of hydrogen-bond acceptors (Lipinski definition) is 4. The van der Waals surface area contributed by atoms with E-state index < -0.39 is 0 Å². The van der Waals surface area contributed by atoms with E-state index in [1.54, 1.807) is 21.3 Å². The third-order valence-electron chi connectivity index (χ3n) is 3.11. The lowest BCUT2D eigenvalue weighted by Crippen LogP contribution is -2.31. The van der Waals surface area contributed by atoms with E-state index in [-0.39, 0.29) is 5.91 Å². The molecule has 5 nitrogen and oxygen atoms in total. The van der Waals surface area contributed by atoms with Crippen molar-refractivity contribution in [1.82, 2.24) is 10.6 Å². The molecular weight excluding hydrogens is 244 g/mol. The lowest BCUT2D eigenvalue weighted by atomic mass is 10.0. The number of rotatable bonds is 6. The van der Waals surface area contributed by atoms with Crippen LogP contribution in [0.3, 0.4) is 0 Å². The van der Waals surface area contributed by atoms with Crippen molar-refractivity contribution in [3.8, 4) is 11.5 Å². The summed E-state index contributed by atoms with van der Waals surface area (Å²) in [6, 6.07) is 1.90. The number of methoxy groups -OCH3 is 2. The minimum atomic E-state index is -0.0539. The van der Waals surface area contributed by atoms with Crippen LogP contribution < -0.4 is 20.1 Å². The second-order valence-corrected chi connectivity index (χ2v) is 4.33. The van der Waals surface area contributed by atoms with Gasteiger partial charge in [0.05, 0.1) is 20.8 Å². The molecule has 5 heteroatoms. The van der Waals surface area contributed by atoms with E-state index in [1.807, 2.05) is 19.9 Å². The van der Waals surface area contributed by atoms with Crippen molar-refractivity contribution >= 4 is 5.91 Å². The van der Waals surface area contributed by atoms with E-state index >= 15 is 0 Å². The van der Waals surface area contributed by atoms with E-state index in [0.717, 1.165) is 28.2 Å². The minimum Gasteiger partial charge on any atom is -0.496 e. The molecule has 0 unspecified atom stereocenters. The van der Waals surface area contributed by atoms with Crippen LogP contribution in [0.2, 0.25) is 0 Å². The highest BCUT2D eigenvalue weighted by Gasteiger charge is 2.14. The maximum absolute atomic E-state index is 11.5. The van der Waals surface area contributed by atoms with Crippen molar-refractivity contribution in [3.63, 3.8) is 0 Å². The summed E-state index contributed by atoms with van der Waals surface area (Å²) in [5, 5.41) is 5.64. The Morgan fingerprint density at radius 1 is 1.21 bits per heavy atom. The van der Waals surface area contributed by atoms with Gasteiger partial charge in [0.15, 0.2) is 0 Å². The number of ether oxygens (including phenoxy) is 2. The molecule has 1 aromatic rings. The zero-order chi connectivity index (χ0) is 14.4. The fraction of sp³-hybridized carbons (Fsp3) is 0.500. The molecule has 1 aromatic carbocycles. The number of nitrogens with one attached hydrogen (secondary N) is 2. The summed E-state index contributed by atoms with van der Waals surface area (Å²) in [5.41, 5.74) is 2.98. The average molecular weight is 266 g/mol. The van der Waals surface area contributed by atoms with Crippen molar-refractivity contribution in [2.75, 3.05) is 27.8 Å². The van der Waals surface area contributed by atoms with Crippen LogP contribution in [-0.2, 0) is 11.3 Å². The van der Waals surface area contributed by atoms with Crippen LogP contribution in [0.5, 0.6) is 11.5 Å². The number of hydrogen-bond donors (Lipinski definition) is 2. The molecule has 2 N–H and O–H groups in total. The second-order valence-electron chi connectivity index (χ2n) is 4.33. The highest BCUT2D eigenvalue weighted by atomic mass is 16.5. The fourth-order valence-electron chi connectivity index (χ4n) is 1.97. The summed E-state index contributed by atoms with van der Waals surface area (Å²) >= 11 is 0. The largest absolute Gasteiger partial charge is 0.496 e. The third-order valence-corrected chi connectivity index (χ3v) is 3.11. The maximum atomic E-state index is 11.5. The lowest BCUT2D eigenvalue weighted by Gasteiger charge is -2.17. The van der Waals surface area contributed by atoms with E-state index in [9.17, 15) is 4.79 Å². The lowest BCUT2D eigenvalue weighted by molar-refractivity contribution is -0.120. The molecular formula is C14H22N2O3. The SMILES string of the molecule is CNCC(=O)NCc1cc(OC)c(C)c(C)c1OC. The van der Waals surface area contributed by atoms with Crippen molar-refractivity contribution in [3.05, 3.63) is 22.8 Å². The van der Waals surface area contributed by atoms with Gasteiger partial charge in [-0.2, -0.15) is 0 Å². The minimum absolute atomic E-state index is 0.0539. The first-order chi connectivity index (χ1) is 9.04. The number of amides is 1. The van der Waals surface area contributed by atoms with Gasteiger partial charge in [-0.15, -0.1) is 0 Å². The van der Waals surface area contributed by atoms with Crippen LogP contribution in [0.15, 0.2) is 6.07 Å². The molecule has 0 aliphatic heterocycles. The Morgan fingerprint density at radius 2 is 1.89 bits per heavy atom. The summed E-state index contributed by atoms with van der Waals surface area (Å²) in [5.74, 6) is 1.54. The monoisotopic (exact) mass is 266 g/mol. The van der Waals surface area contributed by atoms with Crippen molar-refractivity contribution in [2.24, 2.45) is 0 Å². The molecule has 0 saturated heterocycles. The van der Waals surface area contributed by atoms with Crippen LogP contribution in [0.1, 0.15) is 16.7 Å². The average Bonchev–Trinajstić information content (AvgIpc) is 2.40. The molecule has 0 radical (unpaired) electrons. The van der Waals surface area contributed by atoms with E-state index in [4.69, 9.17) is 9.47 Å². The molecule has 0 saturated carbocycles. The zero-order valence-corrected chi connectivity index (χ0v) is 12.2. The summed E-state index contributed by atoms with van der Waals surface area (Å²) in [4.78, 5) is 11.5. The smallest absolute Gasteiger partial charge is 0.234 e. The van der Waals surface area contributed by atoms with Crippen molar-refractivity contribution < 1.29 is 14.3 Å². The van der Waals surface area contributed by atoms with Gasteiger partial charge in [-0.05, 0) is 38.1 Å². The van der Waals surface area contributed by atoms with Gasteiger partial charge in [-0.1, -0.05) is 0 Å². The number of carbonyl (C=O) groups is 1. The van der Waals surface area contributed by atoms with Crippen LogP contribution in [-0.4, -0.2) is 33.7 Å². The second kappa shape index (κ2) is 6.99. The Labute approximate surface area is 114 Å². The van der Waals surface area contributed by atoms with Crippen molar-refractivity contribution in [1.29, 1.82) is 0 Å². The Bertz CT molecular complexity index is 458. The maximum Gasteiger partial charge on any atom is 0.234 e. The Hall–Kier alpha value is -1.75. The molecule has 0 atom stereocenters. The molecule has 0 aliphatic carbocycles. The quantitative estimate of drug-likeness (QED) is 0.811. The van der Waals surface area contributed by atoms with Gasteiger partial charge in [-0.3, -0.25) is 4.79 Å². The van der Waals surface area contributed by atoms with Gasteiger partial charge < -0.3 is 20.1 Å². The van der Waals surface area contributed by atoms with E-state index in [1.165, 1.54) is 0 Å².